The molecule has 0 bridgehead atoms. The van der Waals surface area contributed by atoms with Gasteiger partial charge in [0.1, 0.15) is 0 Å². The summed E-state index contributed by atoms with van der Waals surface area (Å²) < 4.78 is 2.43. The largest absolute Gasteiger partial charge is 0.310 e. The zero-order valence-electron chi connectivity index (χ0n) is 27.0. The van der Waals surface area contributed by atoms with Crippen LogP contribution in [0.5, 0.6) is 0 Å². The molecule has 3 nitrogen and oxygen atoms in total. The first-order valence-corrected chi connectivity index (χ1v) is 17.2. The molecule has 0 N–H and O–H groups in total. The maximum absolute atomic E-state index is 5.32. The minimum Gasteiger partial charge on any atom is -0.310 e. The van der Waals surface area contributed by atoms with E-state index in [-0.39, 0.29) is 5.92 Å². The number of fused-ring (bicyclic) bond motifs is 9. The summed E-state index contributed by atoms with van der Waals surface area (Å²) in [6.07, 6.45) is 17.5. The second kappa shape index (κ2) is 11.3. The first kappa shape index (κ1) is 28.0. The van der Waals surface area contributed by atoms with E-state index in [0.717, 1.165) is 41.2 Å². The van der Waals surface area contributed by atoms with Gasteiger partial charge in [0, 0.05) is 39.7 Å². The minimum absolute atomic E-state index is 0.207. The van der Waals surface area contributed by atoms with E-state index in [9.17, 15) is 0 Å². The van der Waals surface area contributed by atoms with Gasteiger partial charge in [-0.15, -0.1) is 0 Å². The molecule has 2 atom stereocenters. The van der Waals surface area contributed by atoms with Crippen molar-refractivity contribution in [3.05, 3.63) is 180 Å². The van der Waals surface area contributed by atoms with Gasteiger partial charge in [0.25, 0.3) is 0 Å². The molecule has 3 aliphatic carbocycles. The number of allylic oxidation sites excluding steroid dienone is 5. The van der Waals surface area contributed by atoms with Gasteiger partial charge in [-0.05, 0) is 76.6 Å². The second-order valence-electron chi connectivity index (χ2n) is 13.3. The SMILES string of the molecule is C1=CC2c3ccccc3-c3nc(-c4cccc(-n5c6c(c7cc(-c8ccc(-c9ccccc9)cc8)ccc75)CCC=C6)c4)cnc3C2C=C1. The van der Waals surface area contributed by atoms with Crippen LogP contribution in [0.3, 0.4) is 0 Å². The van der Waals surface area contributed by atoms with Crippen LogP contribution < -0.4 is 0 Å². The van der Waals surface area contributed by atoms with E-state index in [4.69, 9.17) is 9.97 Å². The molecule has 0 saturated carbocycles. The zero-order valence-corrected chi connectivity index (χ0v) is 27.0. The molecule has 0 saturated heterocycles. The number of hydrogen-bond acceptors (Lipinski definition) is 2. The lowest BCUT2D eigenvalue weighted by atomic mass is 9.73. The van der Waals surface area contributed by atoms with E-state index in [0.29, 0.717) is 5.92 Å². The van der Waals surface area contributed by atoms with Crippen molar-refractivity contribution in [2.75, 3.05) is 0 Å². The third-order valence-corrected chi connectivity index (χ3v) is 10.5. The van der Waals surface area contributed by atoms with E-state index in [1.54, 1.807) is 0 Å². The summed E-state index contributed by atoms with van der Waals surface area (Å²) in [5, 5.41) is 1.32. The highest BCUT2D eigenvalue weighted by Crippen LogP contribution is 2.48. The smallest absolute Gasteiger partial charge is 0.0934 e. The summed E-state index contributed by atoms with van der Waals surface area (Å²) in [5.74, 6) is 0.506. The lowest BCUT2D eigenvalue weighted by molar-refractivity contribution is 0.692. The third kappa shape index (κ3) is 4.57. The molecule has 2 aromatic heterocycles. The molecule has 0 radical (unpaired) electrons. The number of benzene rings is 5. The Kier molecular flexibility index (Phi) is 6.45. The summed E-state index contributed by atoms with van der Waals surface area (Å²) in [6, 6.07) is 44.0. The lowest BCUT2D eigenvalue weighted by Gasteiger charge is -2.32. The van der Waals surface area contributed by atoms with Gasteiger partial charge < -0.3 is 4.57 Å². The van der Waals surface area contributed by atoms with Crippen molar-refractivity contribution in [2.24, 2.45) is 0 Å². The van der Waals surface area contributed by atoms with Crippen molar-refractivity contribution in [3.63, 3.8) is 0 Å². The molecule has 0 aliphatic heterocycles. The van der Waals surface area contributed by atoms with Crippen molar-refractivity contribution in [1.29, 1.82) is 0 Å². The maximum atomic E-state index is 5.32. The van der Waals surface area contributed by atoms with Gasteiger partial charge in [-0.3, -0.25) is 4.98 Å². The normalized spacial score (nSPS) is 17.0. The van der Waals surface area contributed by atoms with Gasteiger partial charge >= 0.3 is 0 Å². The standard InChI is InChI=1S/C46H33N3/c1-2-11-30(12-3-1)31-21-23-32(24-22-31)33-25-26-44-41(28-33)38-17-8-9-20-43(38)49(44)35-14-10-13-34(27-35)42-29-47-45-39-18-6-4-15-36(39)37-16-5-7-19-40(37)46(45)48-42/h1-7,9-16,18-29,36,39H,8,17H2. The van der Waals surface area contributed by atoms with E-state index >= 15 is 0 Å². The predicted octanol–water partition coefficient (Wildman–Crippen LogP) is 11.4. The maximum Gasteiger partial charge on any atom is 0.0934 e. The van der Waals surface area contributed by atoms with Crippen LogP contribution in [-0.4, -0.2) is 14.5 Å². The van der Waals surface area contributed by atoms with Crippen LogP contribution in [0.2, 0.25) is 0 Å². The number of aromatic nitrogens is 3. The van der Waals surface area contributed by atoms with E-state index < -0.39 is 0 Å². The Labute approximate surface area is 286 Å². The van der Waals surface area contributed by atoms with Gasteiger partial charge in [-0.25, -0.2) is 4.98 Å². The van der Waals surface area contributed by atoms with Crippen molar-refractivity contribution < 1.29 is 0 Å². The molecule has 5 aromatic carbocycles. The van der Waals surface area contributed by atoms with E-state index in [1.165, 1.54) is 55.5 Å². The fraction of sp³-hybridized carbons (Fsp3) is 0.0870. The van der Waals surface area contributed by atoms with Crippen molar-refractivity contribution >= 4 is 17.0 Å². The van der Waals surface area contributed by atoms with Crippen LogP contribution in [0.1, 0.15) is 40.8 Å². The molecule has 2 unspecified atom stereocenters. The molecular weight excluding hydrogens is 595 g/mol. The first-order valence-electron chi connectivity index (χ1n) is 17.2. The number of rotatable bonds is 4. The highest BCUT2D eigenvalue weighted by molar-refractivity contribution is 5.94. The molecule has 232 valence electrons. The van der Waals surface area contributed by atoms with E-state index in [2.05, 4.69) is 162 Å². The quantitative estimate of drug-likeness (QED) is 0.194. The fourth-order valence-corrected chi connectivity index (χ4v) is 8.13. The topological polar surface area (TPSA) is 30.7 Å². The van der Waals surface area contributed by atoms with Gasteiger partial charge in [0.2, 0.25) is 0 Å². The van der Waals surface area contributed by atoms with E-state index in [1.807, 2.05) is 6.20 Å². The van der Waals surface area contributed by atoms with Crippen LogP contribution in [0.25, 0.3) is 67.4 Å². The average molecular weight is 628 g/mol. The molecule has 3 heteroatoms. The highest BCUT2D eigenvalue weighted by Gasteiger charge is 2.34. The first-order chi connectivity index (χ1) is 24.3. The highest BCUT2D eigenvalue weighted by atomic mass is 15.0. The molecule has 49 heavy (non-hydrogen) atoms. The summed E-state index contributed by atoms with van der Waals surface area (Å²) >= 11 is 0. The van der Waals surface area contributed by atoms with Crippen LogP contribution in [-0.2, 0) is 6.42 Å². The van der Waals surface area contributed by atoms with Gasteiger partial charge in [-0.1, -0.05) is 127 Å². The number of aryl methyl sites for hydroxylation is 1. The molecule has 0 amide bonds. The monoisotopic (exact) mass is 627 g/mol. The molecule has 3 aliphatic rings. The molecule has 0 fully saturated rings. The summed E-state index contributed by atoms with van der Waals surface area (Å²) in [7, 11) is 0. The zero-order chi connectivity index (χ0) is 32.3. The Hall–Kier alpha value is -6.06. The molecular formula is C46H33N3. The van der Waals surface area contributed by atoms with Crippen LogP contribution in [0.15, 0.2) is 158 Å². The summed E-state index contributed by atoms with van der Waals surface area (Å²) in [4.78, 5) is 10.4. The number of nitrogens with zero attached hydrogens (tertiary/aromatic N) is 3. The Balaban J connectivity index is 1.06. The fourth-order valence-electron chi connectivity index (χ4n) is 8.13. The summed E-state index contributed by atoms with van der Waals surface area (Å²) in [6.45, 7) is 0. The molecule has 7 aromatic rings. The van der Waals surface area contributed by atoms with Crippen molar-refractivity contribution in [1.82, 2.24) is 14.5 Å². The third-order valence-electron chi connectivity index (χ3n) is 10.5. The Morgan fingerprint density at radius 3 is 2.24 bits per heavy atom. The summed E-state index contributed by atoms with van der Waals surface area (Å²) in [5.41, 5.74) is 16.5. The van der Waals surface area contributed by atoms with Crippen molar-refractivity contribution in [3.8, 4) is 50.5 Å². The molecule has 10 rings (SSSR count). The van der Waals surface area contributed by atoms with Crippen molar-refractivity contribution in [2.45, 2.75) is 24.7 Å². The van der Waals surface area contributed by atoms with Gasteiger partial charge in [0.05, 0.1) is 28.8 Å². The number of hydrogen-bond donors (Lipinski definition) is 0. The lowest BCUT2D eigenvalue weighted by Crippen LogP contribution is -2.19. The predicted molar refractivity (Wildman–Crippen MR) is 202 cm³/mol. The second-order valence-corrected chi connectivity index (χ2v) is 13.3. The average Bonchev–Trinajstić information content (AvgIpc) is 3.52. The van der Waals surface area contributed by atoms with Gasteiger partial charge in [-0.2, -0.15) is 0 Å². The van der Waals surface area contributed by atoms with Crippen LogP contribution in [0.4, 0.5) is 0 Å². The van der Waals surface area contributed by atoms with Crippen LogP contribution in [0, 0.1) is 0 Å². The van der Waals surface area contributed by atoms with Crippen LogP contribution >= 0.6 is 0 Å². The minimum atomic E-state index is 0.207. The Morgan fingerprint density at radius 1 is 0.633 bits per heavy atom. The molecule has 2 heterocycles. The Bertz CT molecular complexity index is 2500. The van der Waals surface area contributed by atoms with Gasteiger partial charge in [0.15, 0.2) is 0 Å². The molecule has 0 spiro atoms. The Morgan fingerprint density at radius 2 is 1.37 bits per heavy atom.